The largest absolute Gasteiger partial charge is 0.493 e. The molecule has 1 aromatic rings. The monoisotopic (exact) mass is 443 g/mol. The van der Waals surface area contributed by atoms with Gasteiger partial charge in [0.1, 0.15) is 18.1 Å². The van der Waals surface area contributed by atoms with Crippen LogP contribution in [-0.4, -0.2) is 25.2 Å². The van der Waals surface area contributed by atoms with Gasteiger partial charge in [0.25, 0.3) is 0 Å². The summed E-state index contributed by atoms with van der Waals surface area (Å²) in [6.45, 7) is 7.24. The number of unbranched alkanes of at least 4 members (excludes halogenated alkanes) is 9. The van der Waals surface area contributed by atoms with Gasteiger partial charge in [0.05, 0.1) is 6.61 Å². The summed E-state index contributed by atoms with van der Waals surface area (Å²) in [4.78, 5) is 11.6. The first-order valence-corrected chi connectivity index (χ1v) is 13.0. The van der Waals surface area contributed by atoms with E-state index in [1.165, 1.54) is 76.2 Å². The van der Waals surface area contributed by atoms with E-state index in [0.717, 1.165) is 37.4 Å². The summed E-state index contributed by atoms with van der Waals surface area (Å²) in [5, 5.41) is 3.06. The summed E-state index contributed by atoms with van der Waals surface area (Å²) in [5.74, 6) is 2.04. The van der Waals surface area contributed by atoms with Crippen molar-refractivity contribution in [3.8, 4) is 11.5 Å². The highest BCUT2D eigenvalue weighted by Gasteiger charge is 2.22. The fourth-order valence-electron chi connectivity index (χ4n) is 3.84. The summed E-state index contributed by atoms with van der Waals surface area (Å²) in [5.41, 5.74) is 1.29. The minimum absolute atomic E-state index is 0.249. The zero-order valence-electron chi connectivity index (χ0n) is 20.3. The van der Waals surface area contributed by atoms with E-state index < -0.39 is 0 Å². The maximum Gasteiger partial charge on any atom is 0.220 e. The molecule has 32 heavy (non-hydrogen) atoms. The Balaban J connectivity index is 1.51. The molecular weight excluding hydrogens is 398 g/mol. The normalized spacial score (nSPS) is 13.0. The SMILES string of the molecule is C=CCOc1cc(CCCCC)cc(OCCCCCCCCCCC(=O)NC2CC2)c1. The molecule has 1 fully saturated rings. The molecule has 1 aromatic carbocycles. The molecule has 2 rings (SSSR count). The van der Waals surface area contributed by atoms with Gasteiger partial charge in [-0.2, -0.15) is 0 Å². The molecule has 1 aliphatic carbocycles. The molecule has 0 aliphatic heterocycles. The zero-order valence-corrected chi connectivity index (χ0v) is 20.3. The first-order valence-electron chi connectivity index (χ1n) is 13.0. The lowest BCUT2D eigenvalue weighted by Crippen LogP contribution is -2.24. The van der Waals surface area contributed by atoms with E-state index in [1.807, 2.05) is 6.07 Å². The van der Waals surface area contributed by atoms with Gasteiger partial charge in [-0.1, -0.05) is 70.9 Å². The van der Waals surface area contributed by atoms with E-state index in [-0.39, 0.29) is 5.91 Å². The Hall–Kier alpha value is -1.97. The molecule has 180 valence electrons. The number of hydrogen-bond acceptors (Lipinski definition) is 3. The maximum absolute atomic E-state index is 11.6. The summed E-state index contributed by atoms with van der Waals surface area (Å²) in [6.07, 6.45) is 19.1. The first kappa shape index (κ1) is 26.3. The highest BCUT2D eigenvalue weighted by atomic mass is 16.5. The maximum atomic E-state index is 11.6. The molecule has 4 nitrogen and oxygen atoms in total. The molecule has 1 aliphatic rings. The molecule has 4 heteroatoms. The molecule has 0 unspecified atom stereocenters. The average molecular weight is 444 g/mol. The van der Waals surface area contributed by atoms with Crippen LogP contribution in [0.5, 0.6) is 11.5 Å². The summed E-state index contributed by atoms with van der Waals surface area (Å²) < 4.78 is 11.8. The minimum Gasteiger partial charge on any atom is -0.493 e. The topological polar surface area (TPSA) is 47.6 Å². The van der Waals surface area contributed by atoms with Gasteiger partial charge in [0.15, 0.2) is 0 Å². The van der Waals surface area contributed by atoms with Crippen LogP contribution in [0.3, 0.4) is 0 Å². The standard InChI is InChI=1S/C28H45NO3/c1-3-5-12-15-24-21-26(31-19-4-2)23-27(22-24)32-20-14-11-9-7-6-8-10-13-16-28(30)29-25-17-18-25/h4,21-23,25H,2-3,5-20H2,1H3,(H,29,30). The third-order valence-corrected chi connectivity index (χ3v) is 5.89. The van der Waals surface area contributed by atoms with Gasteiger partial charge in [-0.3, -0.25) is 4.79 Å². The van der Waals surface area contributed by atoms with Crippen molar-refractivity contribution < 1.29 is 14.3 Å². The fourth-order valence-corrected chi connectivity index (χ4v) is 3.84. The van der Waals surface area contributed by atoms with Gasteiger partial charge in [-0.25, -0.2) is 0 Å². The number of amides is 1. The van der Waals surface area contributed by atoms with Crippen LogP contribution in [0.4, 0.5) is 0 Å². The van der Waals surface area contributed by atoms with Crippen LogP contribution in [0.25, 0.3) is 0 Å². The number of nitrogens with one attached hydrogen (secondary N) is 1. The van der Waals surface area contributed by atoms with Crippen molar-refractivity contribution >= 4 is 5.91 Å². The summed E-state index contributed by atoms with van der Waals surface area (Å²) >= 11 is 0. The molecule has 1 N–H and O–H groups in total. The van der Waals surface area contributed by atoms with Crippen molar-refractivity contribution in [2.24, 2.45) is 0 Å². The Labute approximate surface area is 196 Å². The molecule has 0 atom stereocenters. The molecule has 0 spiro atoms. The van der Waals surface area contributed by atoms with Crippen LogP contribution < -0.4 is 14.8 Å². The van der Waals surface area contributed by atoms with E-state index in [4.69, 9.17) is 9.47 Å². The Kier molecular flexibility index (Phi) is 13.7. The van der Waals surface area contributed by atoms with Crippen LogP contribution in [-0.2, 0) is 11.2 Å². The van der Waals surface area contributed by atoms with Crippen molar-refractivity contribution in [2.75, 3.05) is 13.2 Å². The Morgan fingerprint density at radius 2 is 1.59 bits per heavy atom. The number of rotatable bonds is 20. The molecule has 1 saturated carbocycles. The van der Waals surface area contributed by atoms with Gasteiger partial charge in [0, 0.05) is 18.5 Å². The Morgan fingerprint density at radius 3 is 2.25 bits per heavy atom. The molecular formula is C28H45NO3. The molecule has 0 radical (unpaired) electrons. The number of carbonyl (C=O) groups excluding carboxylic acids is 1. The van der Waals surface area contributed by atoms with Crippen LogP contribution in [0.15, 0.2) is 30.9 Å². The lowest BCUT2D eigenvalue weighted by atomic mass is 10.1. The second-order valence-corrected chi connectivity index (χ2v) is 9.14. The Bertz CT molecular complexity index is 654. The third kappa shape index (κ3) is 12.8. The summed E-state index contributed by atoms with van der Waals surface area (Å²) in [7, 11) is 0. The highest BCUT2D eigenvalue weighted by molar-refractivity contribution is 5.76. The molecule has 0 saturated heterocycles. The average Bonchev–Trinajstić information content (AvgIpc) is 3.60. The second kappa shape index (κ2) is 16.6. The third-order valence-electron chi connectivity index (χ3n) is 5.89. The van der Waals surface area contributed by atoms with Gasteiger partial charge in [-0.15, -0.1) is 0 Å². The lowest BCUT2D eigenvalue weighted by Gasteiger charge is -2.12. The van der Waals surface area contributed by atoms with Gasteiger partial charge in [-0.05, 0) is 56.2 Å². The van der Waals surface area contributed by atoms with Crippen molar-refractivity contribution in [1.82, 2.24) is 5.32 Å². The quantitative estimate of drug-likeness (QED) is 0.172. The molecule has 1 amide bonds. The van der Waals surface area contributed by atoms with Crippen molar-refractivity contribution in [1.29, 1.82) is 0 Å². The number of hydrogen-bond donors (Lipinski definition) is 1. The van der Waals surface area contributed by atoms with Crippen LogP contribution >= 0.6 is 0 Å². The van der Waals surface area contributed by atoms with Gasteiger partial charge in [0.2, 0.25) is 5.91 Å². The van der Waals surface area contributed by atoms with Crippen LogP contribution in [0.2, 0.25) is 0 Å². The minimum atomic E-state index is 0.249. The second-order valence-electron chi connectivity index (χ2n) is 9.14. The lowest BCUT2D eigenvalue weighted by molar-refractivity contribution is -0.121. The number of ether oxygens (including phenoxy) is 2. The molecule has 0 heterocycles. The van der Waals surface area contributed by atoms with E-state index in [1.54, 1.807) is 6.08 Å². The van der Waals surface area contributed by atoms with Crippen molar-refractivity contribution in [3.63, 3.8) is 0 Å². The predicted molar refractivity (Wildman–Crippen MR) is 134 cm³/mol. The summed E-state index contributed by atoms with van der Waals surface area (Å²) in [6, 6.07) is 6.79. The molecule has 0 bridgehead atoms. The van der Waals surface area contributed by atoms with E-state index >= 15 is 0 Å². The first-order chi connectivity index (χ1) is 15.7. The number of benzene rings is 1. The number of carbonyl (C=O) groups is 1. The van der Waals surface area contributed by atoms with Crippen molar-refractivity contribution in [2.45, 2.75) is 109 Å². The van der Waals surface area contributed by atoms with E-state index in [2.05, 4.69) is 31.0 Å². The van der Waals surface area contributed by atoms with Crippen LogP contribution in [0, 0.1) is 0 Å². The molecule has 0 aromatic heterocycles. The van der Waals surface area contributed by atoms with Gasteiger partial charge >= 0.3 is 0 Å². The van der Waals surface area contributed by atoms with E-state index in [0.29, 0.717) is 19.1 Å². The smallest absolute Gasteiger partial charge is 0.220 e. The Morgan fingerprint density at radius 1 is 0.938 bits per heavy atom. The highest BCUT2D eigenvalue weighted by Crippen LogP contribution is 2.25. The van der Waals surface area contributed by atoms with Gasteiger partial charge < -0.3 is 14.8 Å². The fraction of sp³-hybridized carbons (Fsp3) is 0.679. The zero-order chi connectivity index (χ0) is 22.9. The van der Waals surface area contributed by atoms with Crippen LogP contribution in [0.1, 0.15) is 102 Å². The predicted octanol–water partition coefficient (Wildman–Crippen LogP) is 7.15. The number of aryl methyl sites for hydroxylation is 1. The van der Waals surface area contributed by atoms with Crippen molar-refractivity contribution in [3.05, 3.63) is 36.4 Å². The van der Waals surface area contributed by atoms with E-state index in [9.17, 15) is 4.79 Å².